The van der Waals surface area contributed by atoms with Gasteiger partial charge in [-0.25, -0.2) is 4.39 Å². The van der Waals surface area contributed by atoms with Gasteiger partial charge in [0.1, 0.15) is 0 Å². The van der Waals surface area contributed by atoms with Gasteiger partial charge in [-0.15, -0.1) is 6.42 Å². The predicted octanol–water partition coefficient (Wildman–Crippen LogP) is 2.57. The average Bonchev–Trinajstić information content (AvgIpc) is 2.16. The molecule has 1 atom stereocenters. The van der Waals surface area contributed by atoms with Crippen LogP contribution in [0, 0.1) is 18.2 Å². The van der Waals surface area contributed by atoms with E-state index in [2.05, 4.69) is 5.92 Å². The van der Waals surface area contributed by atoms with Gasteiger partial charge in [-0.1, -0.05) is 18.1 Å². The minimum absolute atomic E-state index is 0.134. The molecule has 1 aromatic rings. The minimum Gasteiger partial charge on any atom is -0.493 e. The van der Waals surface area contributed by atoms with Crippen LogP contribution in [0.4, 0.5) is 4.39 Å². The van der Waals surface area contributed by atoms with Crippen molar-refractivity contribution in [2.45, 2.75) is 12.8 Å². The molecular formula is C11H11FO. The third kappa shape index (κ3) is 1.81. The first-order valence-corrected chi connectivity index (χ1v) is 3.99. The van der Waals surface area contributed by atoms with Crippen LogP contribution in [0.1, 0.15) is 18.4 Å². The normalized spacial score (nSPS) is 11.8. The van der Waals surface area contributed by atoms with Gasteiger partial charge in [-0.3, -0.25) is 0 Å². The SMILES string of the molecule is C#CC(C)c1cccc(F)c1OC. The monoisotopic (exact) mass is 178 g/mol. The van der Waals surface area contributed by atoms with Gasteiger partial charge in [-0.05, 0) is 13.0 Å². The second kappa shape index (κ2) is 3.95. The van der Waals surface area contributed by atoms with E-state index < -0.39 is 0 Å². The molecule has 0 bridgehead atoms. The van der Waals surface area contributed by atoms with E-state index in [0.717, 1.165) is 0 Å². The Labute approximate surface area is 77.5 Å². The lowest BCUT2D eigenvalue weighted by atomic mass is 10.0. The second-order valence-electron chi connectivity index (χ2n) is 2.75. The summed E-state index contributed by atoms with van der Waals surface area (Å²) in [6.45, 7) is 1.83. The molecule has 1 rings (SSSR count). The Bertz CT molecular complexity index is 338. The zero-order valence-electron chi connectivity index (χ0n) is 7.67. The molecule has 0 radical (unpaired) electrons. The van der Waals surface area contributed by atoms with E-state index in [1.165, 1.54) is 13.2 Å². The van der Waals surface area contributed by atoms with Crippen molar-refractivity contribution in [3.63, 3.8) is 0 Å². The van der Waals surface area contributed by atoms with Gasteiger partial charge >= 0.3 is 0 Å². The molecule has 2 heteroatoms. The maximum absolute atomic E-state index is 13.2. The molecule has 0 N–H and O–H groups in total. The Morgan fingerprint density at radius 3 is 2.77 bits per heavy atom. The van der Waals surface area contributed by atoms with Crippen LogP contribution in [0.5, 0.6) is 5.75 Å². The standard InChI is InChI=1S/C11H11FO/c1-4-8(2)9-6-5-7-10(12)11(9)13-3/h1,5-8H,2-3H3. The fourth-order valence-corrected chi connectivity index (χ4v) is 1.17. The number of para-hydroxylation sites is 1. The summed E-state index contributed by atoms with van der Waals surface area (Å²) >= 11 is 0. The van der Waals surface area contributed by atoms with Crippen molar-refractivity contribution in [2.75, 3.05) is 7.11 Å². The van der Waals surface area contributed by atoms with E-state index >= 15 is 0 Å². The van der Waals surface area contributed by atoms with Crippen LogP contribution in [-0.4, -0.2) is 7.11 Å². The van der Waals surface area contributed by atoms with Gasteiger partial charge in [0.25, 0.3) is 0 Å². The van der Waals surface area contributed by atoms with Crippen molar-refractivity contribution in [2.24, 2.45) is 0 Å². The van der Waals surface area contributed by atoms with E-state index in [4.69, 9.17) is 11.2 Å². The first-order chi connectivity index (χ1) is 6.20. The Hall–Kier alpha value is -1.49. The topological polar surface area (TPSA) is 9.23 Å². The maximum Gasteiger partial charge on any atom is 0.165 e. The summed E-state index contributed by atoms with van der Waals surface area (Å²) in [5, 5.41) is 0. The van der Waals surface area contributed by atoms with Crippen LogP contribution < -0.4 is 4.74 Å². The lowest BCUT2D eigenvalue weighted by Gasteiger charge is -2.10. The highest BCUT2D eigenvalue weighted by Gasteiger charge is 2.12. The van der Waals surface area contributed by atoms with Gasteiger partial charge in [-0.2, -0.15) is 0 Å². The minimum atomic E-state index is -0.373. The molecule has 13 heavy (non-hydrogen) atoms. The summed E-state index contributed by atoms with van der Waals surface area (Å²) in [5.74, 6) is 2.27. The van der Waals surface area contributed by atoms with Crippen LogP contribution in [0.25, 0.3) is 0 Å². The third-order valence-electron chi connectivity index (χ3n) is 1.92. The molecule has 0 amide bonds. The first kappa shape index (κ1) is 9.60. The third-order valence-corrected chi connectivity index (χ3v) is 1.92. The van der Waals surface area contributed by atoms with Crippen molar-refractivity contribution in [1.82, 2.24) is 0 Å². The molecule has 68 valence electrons. The van der Waals surface area contributed by atoms with Crippen LogP contribution >= 0.6 is 0 Å². The number of halogens is 1. The molecule has 0 saturated heterocycles. The highest BCUT2D eigenvalue weighted by atomic mass is 19.1. The lowest BCUT2D eigenvalue weighted by Crippen LogP contribution is -1.97. The summed E-state index contributed by atoms with van der Waals surface area (Å²) in [6.07, 6.45) is 5.25. The largest absolute Gasteiger partial charge is 0.493 e. The Balaban J connectivity index is 3.21. The number of hydrogen-bond donors (Lipinski definition) is 0. The lowest BCUT2D eigenvalue weighted by molar-refractivity contribution is 0.381. The van der Waals surface area contributed by atoms with E-state index in [0.29, 0.717) is 5.56 Å². The smallest absolute Gasteiger partial charge is 0.165 e. The number of benzene rings is 1. The van der Waals surface area contributed by atoms with Gasteiger partial charge in [0.15, 0.2) is 11.6 Å². The Morgan fingerprint density at radius 2 is 2.23 bits per heavy atom. The van der Waals surface area contributed by atoms with Crippen LogP contribution in [-0.2, 0) is 0 Å². The highest BCUT2D eigenvalue weighted by Crippen LogP contribution is 2.28. The van der Waals surface area contributed by atoms with Gasteiger partial charge in [0.2, 0.25) is 0 Å². The molecule has 0 saturated carbocycles. The number of rotatable bonds is 2. The van der Waals surface area contributed by atoms with Crippen molar-refractivity contribution >= 4 is 0 Å². The molecule has 0 aliphatic heterocycles. The average molecular weight is 178 g/mol. The van der Waals surface area contributed by atoms with Crippen LogP contribution in [0.3, 0.4) is 0 Å². The molecule has 1 aromatic carbocycles. The molecule has 0 fully saturated rings. The summed E-state index contributed by atoms with van der Waals surface area (Å²) in [6, 6.07) is 4.75. The molecule has 0 heterocycles. The summed E-state index contributed by atoms with van der Waals surface area (Å²) in [7, 11) is 1.44. The molecule has 0 aliphatic carbocycles. The van der Waals surface area contributed by atoms with Crippen molar-refractivity contribution < 1.29 is 9.13 Å². The Kier molecular flexibility index (Phi) is 2.92. The van der Waals surface area contributed by atoms with Crippen molar-refractivity contribution in [1.29, 1.82) is 0 Å². The summed E-state index contributed by atoms with van der Waals surface area (Å²) in [4.78, 5) is 0. The van der Waals surface area contributed by atoms with Gasteiger partial charge in [0.05, 0.1) is 7.11 Å². The fraction of sp³-hybridized carbons (Fsp3) is 0.273. The van der Waals surface area contributed by atoms with Gasteiger partial charge in [0, 0.05) is 11.5 Å². The second-order valence-corrected chi connectivity index (χ2v) is 2.75. The zero-order chi connectivity index (χ0) is 9.84. The molecule has 0 aliphatic rings. The highest BCUT2D eigenvalue weighted by molar-refractivity contribution is 5.40. The molecule has 0 aromatic heterocycles. The molecule has 1 nitrogen and oxygen atoms in total. The number of hydrogen-bond acceptors (Lipinski definition) is 1. The van der Waals surface area contributed by atoms with E-state index in [1.54, 1.807) is 12.1 Å². The maximum atomic E-state index is 13.2. The molecular weight excluding hydrogens is 167 g/mol. The number of terminal acetylenes is 1. The van der Waals surface area contributed by atoms with Gasteiger partial charge < -0.3 is 4.74 Å². The quantitative estimate of drug-likeness (QED) is 0.632. The van der Waals surface area contributed by atoms with E-state index in [-0.39, 0.29) is 17.5 Å². The molecule has 1 unspecified atom stereocenters. The number of methoxy groups -OCH3 is 1. The first-order valence-electron chi connectivity index (χ1n) is 3.99. The predicted molar refractivity (Wildman–Crippen MR) is 50.2 cm³/mol. The Morgan fingerprint density at radius 1 is 1.54 bits per heavy atom. The van der Waals surface area contributed by atoms with Crippen LogP contribution in [0.2, 0.25) is 0 Å². The zero-order valence-corrected chi connectivity index (χ0v) is 7.67. The van der Waals surface area contributed by atoms with Crippen molar-refractivity contribution in [3.05, 3.63) is 29.6 Å². The van der Waals surface area contributed by atoms with E-state index in [1.807, 2.05) is 6.92 Å². The summed E-state index contributed by atoms with van der Waals surface area (Å²) in [5.41, 5.74) is 0.713. The number of ether oxygens (including phenoxy) is 1. The summed E-state index contributed by atoms with van der Waals surface area (Å²) < 4.78 is 18.1. The van der Waals surface area contributed by atoms with E-state index in [9.17, 15) is 4.39 Å². The van der Waals surface area contributed by atoms with Crippen molar-refractivity contribution in [3.8, 4) is 18.1 Å². The molecule has 0 spiro atoms. The van der Waals surface area contributed by atoms with Crippen LogP contribution in [0.15, 0.2) is 18.2 Å². The fourth-order valence-electron chi connectivity index (χ4n) is 1.17.